The van der Waals surface area contributed by atoms with E-state index in [0.717, 1.165) is 16.3 Å². The largest absolute Gasteiger partial charge is 0.344 e. The monoisotopic (exact) mass is 380 g/mol. The summed E-state index contributed by atoms with van der Waals surface area (Å²) in [6.07, 6.45) is 4.27. The van der Waals surface area contributed by atoms with Gasteiger partial charge in [0.25, 0.3) is 5.91 Å². The highest BCUT2D eigenvalue weighted by atomic mass is 79.9. The maximum Gasteiger partial charge on any atom is 0.270 e. The molecule has 0 unspecified atom stereocenters. The molecule has 0 aliphatic rings. The molecule has 0 aromatic carbocycles. The fraction of sp³-hybridized carbons (Fsp3) is 0.308. The Kier molecular flexibility index (Phi) is 4.16. The summed E-state index contributed by atoms with van der Waals surface area (Å²) in [6.45, 7) is 4.23. The van der Waals surface area contributed by atoms with E-state index in [1.807, 2.05) is 20.0 Å². The number of nitrogens with one attached hydrogen (secondary N) is 1. The summed E-state index contributed by atoms with van der Waals surface area (Å²) in [7, 11) is 0. The van der Waals surface area contributed by atoms with E-state index in [2.05, 4.69) is 41.4 Å². The maximum atomic E-state index is 12.5. The number of amides is 1. The van der Waals surface area contributed by atoms with Gasteiger partial charge in [0.1, 0.15) is 10.7 Å². The Morgan fingerprint density at radius 3 is 2.95 bits per heavy atom. The van der Waals surface area contributed by atoms with Crippen molar-refractivity contribution in [2.75, 3.05) is 0 Å². The summed E-state index contributed by atoms with van der Waals surface area (Å²) in [5.41, 5.74) is 2.22. The lowest BCUT2D eigenvalue weighted by Crippen LogP contribution is -2.25. The van der Waals surface area contributed by atoms with Gasteiger partial charge < -0.3 is 5.32 Å². The number of halogens is 1. The number of carbonyl (C=O) groups is 1. The number of aryl methyl sites for hydroxylation is 2. The second-order valence-electron chi connectivity index (χ2n) is 4.69. The summed E-state index contributed by atoms with van der Waals surface area (Å²) < 4.78 is 2.43. The topological polar surface area (TPSA) is 85.1 Å². The number of hydrogen-bond acceptors (Lipinski definition) is 6. The van der Waals surface area contributed by atoms with Crippen LogP contribution in [0.25, 0.3) is 5.78 Å². The van der Waals surface area contributed by atoms with E-state index in [1.54, 1.807) is 10.6 Å². The van der Waals surface area contributed by atoms with Crippen LogP contribution >= 0.6 is 27.3 Å². The number of aromatic nitrogens is 5. The van der Waals surface area contributed by atoms with Crippen LogP contribution in [0, 0.1) is 6.92 Å². The van der Waals surface area contributed by atoms with Crippen LogP contribution in [-0.4, -0.2) is 30.5 Å². The van der Waals surface area contributed by atoms with Gasteiger partial charge in [0, 0.05) is 12.4 Å². The summed E-state index contributed by atoms with van der Waals surface area (Å²) in [5, 5.41) is 11.4. The van der Waals surface area contributed by atoms with Crippen LogP contribution in [0.5, 0.6) is 0 Å². The molecule has 0 aliphatic carbocycles. The Hall–Kier alpha value is -1.87. The molecule has 0 aliphatic heterocycles. The second-order valence-corrected chi connectivity index (χ2v) is 7.03. The van der Waals surface area contributed by atoms with Crippen LogP contribution < -0.4 is 5.32 Å². The molecule has 0 saturated carbocycles. The molecular formula is C13H13BrN6OS. The van der Waals surface area contributed by atoms with E-state index < -0.39 is 0 Å². The average Bonchev–Trinajstić information content (AvgIpc) is 3.07. The maximum absolute atomic E-state index is 12.5. The third kappa shape index (κ3) is 2.86. The van der Waals surface area contributed by atoms with E-state index in [4.69, 9.17) is 0 Å². The molecule has 0 atom stereocenters. The minimum absolute atomic E-state index is 0.192. The molecule has 0 saturated heterocycles. The lowest BCUT2D eigenvalue weighted by molar-refractivity contribution is 0.0944. The van der Waals surface area contributed by atoms with Gasteiger partial charge in [-0.15, -0.1) is 10.2 Å². The Bertz CT molecular complexity index is 842. The van der Waals surface area contributed by atoms with Gasteiger partial charge >= 0.3 is 0 Å². The molecular weight excluding hydrogens is 368 g/mol. The number of carbonyl (C=O) groups excluding carboxylic acids is 1. The van der Waals surface area contributed by atoms with Gasteiger partial charge in [0.15, 0.2) is 3.92 Å². The van der Waals surface area contributed by atoms with Gasteiger partial charge in [-0.3, -0.25) is 9.20 Å². The molecule has 1 amide bonds. The molecule has 114 valence electrons. The Morgan fingerprint density at radius 1 is 1.45 bits per heavy atom. The molecule has 0 radical (unpaired) electrons. The summed E-state index contributed by atoms with van der Waals surface area (Å²) in [5.74, 6) is 0.342. The van der Waals surface area contributed by atoms with Gasteiger partial charge in [-0.05, 0) is 34.8 Å². The zero-order valence-electron chi connectivity index (χ0n) is 12.0. The van der Waals surface area contributed by atoms with Gasteiger partial charge in [-0.2, -0.15) is 0 Å². The molecule has 0 fully saturated rings. The molecule has 22 heavy (non-hydrogen) atoms. The van der Waals surface area contributed by atoms with E-state index >= 15 is 0 Å². The lowest BCUT2D eigenvalue weighted by Gasteiger charge is -2.05. The van der Waals surface area contributed by atoms with Crippen molar-refractivity contribution >= 4 is 39.0 Å². The van der Waals surface area contributed by atoms with Crippen molar-refractivity contribution in [2.45, 2.75) is 26.8 Å². The van der Waals surface area contributed by atoms with E-state index in [-0.39, 0.29) is 5.91 Å². The molecule has 3 aromatic rings. The third-order valence-electron chi connectivity index (χ3n) is 3.07. The predicted octanol–water partition coefficient (Wildman–Crippen LogP) is 2.14. The smallest absolute Gasteiger partial charge is 0.270 e. The van der Waals surface area contributed by atoms with Gasteiger partial charge in [0.2, 0.25) is 5.78 Å². The highest BCUT2D eigenvalue weighted by Crippen LogP contribution is 2.16. The third-order valence-corrected chi connectivity index (χ3v) is 4.43. The van der Waals surface area contributed by atoms with E-state index in [0.29, 0.717) is 28.4 Å². The first-order valence-electron chi connectivity index (χ1n) is 6.68. The number of rotatable bonds is 4. The number of nitrogens with zero attached hydrogens (tertiary/aromatic N) is 5. The molecule has 3 heterocycles. The minimum Gasteiger partial charge on any atom is -0.344 e. The fourth-order valence-electron chi connectivity index (χ4n) is 2.11. The molecule has 7 nitrogen and oxygen atoms in total. The zero-order chi connectivity index (χ0) is 15.7. The number of hydrogen-bond donors (Lipinski definition) is 1. The predicted molar refractivity (Wildman–Crippen MR) is 85.9 cm³/mol. The van der Waals surface area contributed by atoms with Crippen LogP contribution in [0.2, 0.25) is 0 Å². The van der Waals surface area contributed by atoms with Crippen LogP contribution in [0.15, 0.2) is 16.3 Å². The highest BCUT2D eigenvalue weighted by Gasteiger charge is 2.19. The first-order valence-corrected chi connectivity index (χ1v) is 8.29. The lowest BCUT2D eigenvalue weighted by atomic mass is 10.2. The van der Waals surface area contributed by atoms with Crippen molar-refractivity contribution in [1.82, 2.24) is 29.9 Å². The first kappa shape index (κ1) is 15.0. The van der Waals surface area contributed by atoms with Crippen molar-refractivity contribution in [3.05, 3.63) is 38.3 Å². The molecule has 3 rings (SSSR count). The van der Waals surface area contributed by atoms with E-state index in [9.17, 15) is 4.79 Å². The van der Waals surface area contributed by atoms with Gasteiger partial charge in [-0.25, -0.2) is 9.97 Å². The number of fused-ring (bicyclic) bond motifs is 1. The average molecular weight is 381 g/mol. The SMILES string of the molecule is CCc1nc2ncc(C)cn2c1C(=O)NCc1nnc(Br)s1. The van der Waals surface area contributed by atoms with Crippen LogP contribution in [-0.2, 0) is 13.0 Å². The van der Waals surface area contributed by atoms with Gasteiger partial charge in [0.05, 0.1) is 12.2 Å². The van der Waals surface area contributed by atoms with Crippen molar-refractivity contribution in [3.63, 3.8) is 0 Å². The summed E-state index contributed by atoms with van der Waals surface area (Å²) in [4.78, 5) is 21.2. The van der Waals surface area contributed by atoms with Crippen molar-refractivity contribution in [1.29, 1.82) is 0 Å². The zero-order valence-corrected chi connectivity index (χ0v) is 14.4. The molecule has 9 heteroatoms. The van der Waals surface area contributed by atoms with Crippen LogP contribution in [0.1, 0.15) is 33.7 Å². The van der Waals surface area contributed by atoms with Crippen molar-refractivity contribution in [3.8, 4) is 0 Å². The summed E-state index contributed by atoms with van der Waals surface area (Å²) in [6, 6.07) is 0. The normalized spacial score (nSPS) is 11.0. The molecule has 1 N–H and O–H groups in total. The Balaban J connectivity index is 1.90. The first-order chi connectivity index (χ1) is 10.6. The number of imidazole rings is 1. The molecule has 0 spiro atoms. The Morgan fingerprint density at radius 2 is 2.27 bits per heavy atom. The summed E-state index contributed by atoms with van der Waals surface area (Å²) >= 11 is 4.64. The molecule has 3 aromatic heterocycles. The van der Waals surface area contributed by atoms with Crippen LogP contribution in [0.3, 0.4) is 0 Å². The van der Waals surface area contributed by atoms with Gasteiger partial charge in [-0.1, -0.05) is 18.3 Å². The van der Waals surface area contributed by atoms with Crippen LogP contribution in [0.4, 0.5) is 0 Å². The Labute approximate surface area is 138 Å². The van der Waals surface area contributed by atoms with Crippen molar-refractivity contribution in [2.24, 2.45) is 0 Å². The quantitative estimate of drug-likeness (QED) is 0.749. The highest BCUT2D eigenvalue weighted by molar-refractivity contribution is 9.11. The second kappa shape index (κ2) is 6.09. The fourth-order valence-corrected chi connectivity index (χ4v) is 3.25. The minimum atomic E-state index is -0.192. The standard InChI is InChI=1S/C13H13BrN6OS/c1-3-8-10(20-6-7(2)4-16-13(20)17-8)11(21)15-5-9-18-19-12(14)22-9/h4,6H,3,5H2,1-2H3,(H,15,21). The molecule has 0 bridgehead atoms. The van der Waals surface area contributed by atoms with Crippen molar-refractivity contribution < 1.29 is 4.79 Å². The van der Waals surface area contributed by atoms with E-state index in [1.165, 1.54) is 11.3 Å².